The molecule has 1 saturated carbocycles. The fourth-order valence-corrected chi connectivity index (χ4v) is 4.50. The summed E-state index contributed by atoms with van der Waals surface area (Å²) in [5.74, 6) is 2.55. The van der Waals surface area contributed by atoms with Crippen molar-refractivity contribution in [2.75, 3.05) is 6.61 Å². The molecule has 3 rings (SSSR count). The molecule has 2 aromatic carbocycles. The second-order valence-corrected chi connectivity index (χ2v) is 8.49. The van der Waals surface area contributed by atoms with E-state index in [1.54, 1.807) is 36.4 Å². The first-order chi connectivity index (χ1) is 15.2. The summed E-state index contributed by atoms with van der Waals surface area (Å²) in [5.41, 5.74) is 0.999. The molecule has 0 aliphatic heterocycles. The molecule has 1 aliphatic rings. The van der Waals surface area contributed by atoms with E-state index in [0.717, 1.165) is 24.0 Å². The van der Waals surface area contributed by atoms with E-state index < -0.39 is 5.97 Å². The van der Waals surface area contributed by atoms with Crippen molar-refractivity contribution < 1.29 is 14.3 Å². The highest BCUT2D eigenvalue weighted by Crippen LogP contribution is 2.36. The van der Waals surface area contributed by atoms with Gasteiger partial charge in [-0.2, -0.15) is 5.26 Å². The van der Waals surface area contributed by atoms with Crippen LogP contribution in [-0.4, -0.2) is 12.6 Å². The molecule has 2 atom stereocenters. The number of unbranched alkanes of at least 4 members (excludes halogenated alkanes) is 1. The summed E-state index contributed by atoms with van der Waals surface area (Å²) in [4.78, 5) is 12.3. The molecular weight excluding hydrogens is 386 g/mol. The predicted octanol–water partition coefficient (Wildman–Crippen LogP) is 6.93. The van der Waals surface area contributed by atoms with Crippen molar-refractivity contribution in [1.82, 2.24) is 0 Å². The van der Waals surface area contributed by atoms with E-state index in [1.165, 1.54) is 51.4 Å². The number of carbonyl (C=O) groups is 1. The second-order valence-electron chi connectivity index (χ2n) is 8.49. The first kappa shape index (κ1) is 22.9. The average molecular weight is 420 g/mol. The van der Waals surface area contributed by atoms with Gasteiger partial charge in [-0.3, -0.25) is 0 Å². The third-order valence-electron chi connectivity index (χ3n) is 6.27. The maximum Gasteiger partial charge on any atom is 0.343 e. The van der Waals surface area contributed by atoms with Gasteiger partial charge < -0.3 is 9.47 Å². The Morgan fingerprint density at radius 1 is 0.935 bits per heavy atom. The summed E-state index contributed by atoms with van der Waals surface area (Å²) in [7, 11) is 0. The third-order valence-corrected chi connectivity index (χ3v) is 6.27. The smallest absolute Gasteiger partial charge is 0.343 e. The van der Waals surface area contributed by atoms with E-state index in [1.807, 2.05) is 18.2 Å². The van der Waals surface area contributed by atoms with Gasteiger partial charge in [-0.1, -0.05) is 51.9 Å². The van der Waals surface area contributed by atoms with Crippen LogP contribution < -0.4 is 9.47 Å². The maximum atomic E-state index is 12.3. The summed E-state index contributed by atoms with van der Waals surface area (Å²) >= 11 is 0. The van der Waals surface area contributed by atoms with E-state index in [0.29, 0.717) is 23.5 Å². The minimum absolute atomic E-state index is 0.421. The number of nitriles is 1. The largest absolute Gasteiger partial charge is 0.494 e. The van der Waals surface area contributed by atoms with Gasteiger partial charge in [-0.25, -0.2) is 4.79 Å². The molecule has 0 spiro atoms. The highest BCUT2D eigenvalue weighted by Gasteiger charge is 2.24. The number of esters is 1. The van der Waals surface area contributed by atoms with Gasteiger partial charge >= 0.3 is 5.97 Å². The first-order valence-electron chi connectivity index (χ1n) is 11.6. The van der Waals surface area contributed by atoms with Crippen LogP contribution in [0.5, 0.6) is 11.5 Å². The molecule has 1 aliphatic carbocycles. The Labute approximate surface area is 186 Å². The standard InChI is InChI=1S/C27H33NO3/c1-2-3-7-22-8-4-5-9-23(22)10-6-19-30-25-17-13-24(14-18-25)27(29)31-26-15-11-21(20-28)12-16-26/h11-18,22-23H,2-10,19H2,1H3. The number of rotatable bonds is 10. The molecule has 1 fully saturated rings. The van der Waals surface area contributed by atoms with Crippen LogP contribution in [-0.2, 0) is 0 Å². The second kappa shape index (κ2) is 12.2. The number of nitrogens with zero attached hydrogens (tertiary/aromatic N) is 1. The molecule has 2 unspecified atom stereocenters. The lowest BCUT2D eigenvalue weighted by atomic mass is 9.75. The van der Waals surface area contributed by atoms with Gasteiger partial charge in [-0.15, -0.1) is 0 Å². The van der Waals surface area contributed by atoms with Crippen molar-refractivity contribution >= 4 is 5.97 Å². The van der Waals surface area contributed by atoms with Gasteiger partial charge in [0.25, 0.3) is 0 Å². The van der Waals surface area contributed by atoms with Crippen LogP contribution in [0.1, 0.15) is 80.6 Å². The van der Waals surface area contributed by atoms with Gasteiger partial charge in [0.15, 0.2) is 0 Å². The predicted molar refractivity (Wildman–Crippen MR) is 122 cm³/mol. The number of benzene rings is 2. The van der Waals surface area contributed by atoms with E-state index in [4.69, 9.17) is 14.7 Å². The zero-order valence-corrected chi connectivity index (χ0v) is 18.5. The summed E-state index contributed by atoms with van der Waals surface area (Å²) < 4.78 is 11.3. The van der Waals surface area contributed by atoms with Crippen LogP contribution in [0, 0.1) is 23.2 Å². The van der Waals surface area contributed by atoms with Gasteiger partial charge in [-0.05, 0) is 73.2 Å². The fraction of sp³-hybridized carbons (Fsp3) is 0.481. The van der Waals surface area contributed by atoms with Crippen LogP contribution in [0.25, 0.3) is 0 Å². The van der Waals surface area contributed by atoms with Crippen molar-refractivity contribution in [1.29, 1.82) is 5.26 Å². The number of carbonyl (C=O) groups excluding carboxylic acids is 1. The van der Waals surface area contributed by atoms with Crippen molar-refractivity contribution in [3.63, 3.8) is 0 Å². The molecule has 0 bridgehead atoms. The lowest BCUT2D eigenvalue weighted by molar-refractivity contribution is 0.0734. The van der Waals surface area contributed by atoms with Crippen molar-refractivity contribution in [3.05, 3.63) is 59.7 Å². The zero-order valence-electron chi connectivity index (χ0n) is 18.5. The number of hydrogen-bond acceptors (Lipinski definition) is 4. The Morgan fingerprint density at radius 3 is 2.16 bits per heavy atom. The lowest BCUT2D eigenvalue weighted by Crippen LogP contribution is -2.20. The molecular formula is C27H33NO3. The van der Waals surface area contributed by atoms with E-state index in [2.05, 4.69) is 6.92 Å². The molecule has 0 heterocycles. The SMILES string of the molecule is CCCCC1CCCCC1CCCOc1ccc(C(=O)Oc2ccc(C#N)cc2)cc1. The van der Waals surface area contributed by atoms with Crippen LogP contribution in [0.4, 0.5) is 0 Å². The third kappa shape index (κ3) is 7.14. The van der Waals surface area contributed by atoms with Crippen molar-refractivity contribution in [3.8, 4) is 17.6 Å². The number of hydrogen-bond donors (Lipinski definition) is 0. The van der Waals surface area contributed by atoms with E-state index in [9.17, 15) is 4.79 Å². The Hall–Kier alpha value is -2.80. The molecule has 31 heavy (non-hydrogen) atoms. The van der Waals surface area contributed by atoms with Gasteiger partial charge in [0.1, 0.15) is 11.5 Å². The maximum absolute atomic E-state index is 12.3. The Balaban J connectivity index is 1.41. The Bertz CT molecular complexity index is 852. The summed E-state index contributed by atoms with van der Waals surface area (Å²) in [6.45, 7) is 3.00. The van der Waals surface area contributed by atoms with Gasteiger partial charge in [0, 0.05) is 0 Å². The monoisotopic (exact) mass is 419 g/mol. The van der Waals surface area contributed by atoms with Crippen LogP contribution in [0.15, 0.2) is 48.5 Å². The van der Waals surface area contributed by atoms with Gasteiger partial charge in [0.2, 0.25) is 0 Å². The molecule has 0 amide bonds. The lowest BCUT2D eigenvalue weighted by Gasteiger charge is -2.31. The highest BCUT2D eigenvalue weighted by molar-refractivity contribution is 5.91. The van der Waals surface area contributed by atoms with Crippen LogP contribution in [0.2, 0.25) is 0 Å². The Kier molecular flexibility index (Phi) is 8.97. The highest BCUT2D eigenvalue weighted by atomic mass is 16.5. The fourth-order valence-electron chi connectivity index (χ4n) is 4.50. The summed E-state index contributed by atoms with van der Waals surface area (Å²) in [6, 6.07) is 15.6. The molecule has 4 nitrogen and oxygen atoms in total. The molecule has 4 heteroatoms. The summed E-state index contributed by atoms with van der Waals surface area (Å²) in [6.07, 6.45) is 12.0. The normalized spacial score (nSPS) is 18.2. The minimum atomic E-state index is -0.424. The quantitative estimate of drug-likeness (QED) is 0.238. The number of ether oxygens (including phenoxy) is 2. The summed E-state index contributed by atoms with van der Waals surface area (Å²) in [5, 5.41) is 8.83. The topological polar surface area (TPSA) is 59.3 Å². The first-order valence-corrected chi connectivity index (χ1v) is 11.6. The van der Waals surface area contributed by atoms with Crippen molar-refractivity contribution in [2.45, 2.75) is 64.7 Å². The van der Waals surface area contributed by atoms with Gasteiger partial charge in [0.05, 0.1) is 23.8 Å². The molecule has 0 saturated heterocycles. The molecule has 164 valence electrons. The van der Waals surface area contributed by atoms with Crippen LogP contribution >= 0.6 is 0 Å². The molecule has 2 aromatic rings. The zero-order chi connectivity index (χ0) is 21.9. The van der Waals surface area contributed by atoms with Crippen molar-refractivity contribution in [2.24, 2.45) is 11.8 Å². The minimum Gasteiger partial charge on any atom is -0.494 e. The average Bonchev–Trinajstić information content (AvgIpc) is 2.82. The van der Waals surface area contributed by atoms with E-state index >= 15 is 0 Å². The molecule has 0 aromatic heterocycles. The van der Waals surface area contributed by atoms with E-state index in [-0.39, 0.29) is 0 Å². The molecule has 0 radical (unpaired) electrons. The van der Waals surface area contributed by atoms with Crippen LogP contribution in [0.3, 0.4) is 0 Å². The molecule has 0 N–H and O–H groups in total. The Morgan fingerprint density at radius 2 is 1.55 bits per heavy atom.